The van der Waals surface area contributed by atoms with E-state index in [-0.39, 0.29) is 12.4 Å². The zero-order valence-corrected chi connectivity index (χ0v) is 12.9. The molecule has 114 valence electrons. The highest BCUT2D eigenvalue weighted by molar-refractivity contribution is 5.90. The van der Waals surface area contributed by atoms with Crippen LogP contribution >= 0.6 is 0 Å². The first-order valence-corrected chi connectivity index (χ1v) is 7.17. The van der Waals surface area contributed by atoms with Gasteiger partial charge in [0.15, 0.2) is 5.65 Å². The van der Waals surface area contributed by atoms with E-state index in [1.165, 1.54) is 11.1 Å². The average Bonchev–Trinajstić information content (AvgIpc) is 2.91. The molecule has 2 aromatic heterocycles. The predicted molar refractivity (Wildman–Crippen MR) is 86.8 cm³/mol. The van der Waals surface area contributed by atoms with Crippen molar-refractivity contribution in [2.45, 2.75) is 20.3 Å². The maximum atomic E-state index is 11.4. The molecule has 23 heavy (non-hydrogen) atoms. The molecule has 1 N–H and O–H groups in total. The minimum atomic E-state index is -0.418. The van der Waals surface area contributed by atoms with Crippen LogP contribution in [0.15, 0.2) is 36.5 Å². The minimum Gasteiger partial charge on any atom is -0.292 e. The Morgan fingerprint density at radius 2 is 2.13 bits per heavy atom. The summed E-state index contributed by atoms with van der Waals surface area (Å²) in [6.45, 7) is 4.12. The smallest absolute Gasteiger partial charge is 0.249 e. The van der Waals surface area contributed by atoms with E-state index in [0.717, 1.165) is 11.1 Å². The number of carbonyl (C=O) groups is 1. The van der Waals surface area contributed by atoms with Crippen molar-refractivity contribution in [3.05, 3.63) is 47.7 Å². The zero-order chi connectivity index (χ0) is 16.4. The normalized spacial score (nSPS) is 10.5. The highest BCUT2D eigenvalue weighted by atomic mass is 16.1. The number of aromatic nitrogens is 3. The van der Waals surface area contributed by atoms with Crippen LogP contribution in [0.1, 0.15) is 17.5 Å². The first-order chi connectivity index (χ1) is 11.1. The Kier molecular flexibility index (Phi) is 3.77. The summed E-state index contributed by atoms with van der Waals surface area (Å²) in [5.41, 5.74) is 5.16. The van der Waals surface area contributed by atoms with Gasteiger partial charge >= 0.3 is 0 Å². The van der Waals surface area contributed by atoms with Gasteiger partial charge in [0.2, 0.25) is 11.9 Å². The molecule has 0 aliphatic carbocycles. The Morgan fingerprint density at radius 1 is 1.30 bits per heavy atom. The second-order valence-corrected chi connectivity index (χ2v) is 5.36. The van der Waals surface area contributed by atoms with Crippen LogP contribution < -0.4 is 5.32 Å². The van der Waals surface area contributed by atoms with Gasteiger partial charge in [0.1, 0.15) is 6.42 Å². The third kappa shape index (κ3) is 3.04. The van der Waals surface area contributed by atoms with Crippen molar-refractivity contribution >= 4 is 17.5 Å². The number of nitrogens with one attached hydrogen (secondary N) is 1. The van der Waals surface area contributed by atoms with Gasteiger partial charge in [0.05, 0.1) is 6.07 Å². The van der Waals surface area contributed by atoms with Gasteiger partial charge in [0, 0.05) is 11.8 Å². The monoisotopic (exact) mass is 305 g/mol. The molecule has 2 heterocycles. The van der Waals surface area contributed by atoms with Gasteiger partial charge in [-0.3, -0.25) is 10.1 Å². The second kappa shape index (κ2) is 5.89. The van der Waals surface area contributed by atoms with Crippen LogP contribution in [0, 0.1) is 25.2 Å². The molecule has 6 nitrogen and oxygen atoms in total. The molecule has 0 saturated heterocycles. The lowest BCUT2D eigenvalue weighted by Gasteiger charge is -2.07. The lowest BCUT2D eigenvalue weighted by molar-refractivity contribution is -0.115. The maximum Gasteiger partial charge on any atom is 0.249 e. The van der Waals surface area contributed by atoms with E-state index in [4.69, 9.17) is 5.26 Å². The summed E-state index contributed by atoms with van der Waals surface area (Å²) in [6, 6.07) is 11.9. The SMILES string of the molecule is Cc1ccc(C)c(-c2ccc3nc(NC(=O)CC#N)nn3c2)c1. The summed E-state index contributed by atoms with van der Waals surface area (Å²) in [7, 11) is 0. The molecule has 0 aliphatic heterocycles. The summed E-state index contributed by atoms with van der Waals surface area (Å²) < 4.78 is 1.62. The molecule has 0 fully saturated rings. The lowest BCUT2D eigenvalue weighted by Crippen LogP contribution is -2.11. The van der Waals surface area contributed by atoms with E-state index < -0.39 is 5.91 Å². The molecular weight excluding hydrogens is 290 g/mol. The first kappa shape index (κ1) is 14.7. The van der Waals surface area contributed by atoms with Gasteiger partial charge in [-0.1, -0.05) is 23.8 Å². The molecule has 0 bridgehead atoms. The van der Waals surface area contributed by atoms with Crippen molar-refractivity contribution in [1.82, 2.24) is 14.6 Å². The van der Waals surface area contributed by atoms with E-state index in [2.05, 4.69) is 47.4 Å². The maximum absolute atomic E-state index is 11.4. The molecule has 0 saturated carbocycles. The number of aryl methyl sites for hydroxylation is 2. The molecule has 0 radical (unpaired) electrons. The Hall–Kier alpha value is -3.20. The molecule has 1 amide bonds. The molecule has 3 rings (SSSR count). The Bertz CT molecular complexity index is 936. The van der Waals surface area contributed by atoms with Gasteiger partial charge in [-0.05, 0) is 37.1 Å². The number of hydrogen-bond acceptors (Lipinski definition) is 4. The third-order valence-electron chi connectivity index (χ3n) is 3.53. The molecule has 3 aromatic rings. The Morgan fingerprint density at radius 3 is 2.91 bits per heavy atom. The number of nitrogens with zero attached hydrogens (tertiary/aromatic N) is 4. The zero-order valence-electron chi connectivity index (χ0n) is 12.9. The molecule has 1 aromatic carbocycles. The predicted octanol–water partition coefficient (Wildman–Crippen LogP) is 2.87. The van der Waals surface area contributed by atoms with Crippen molar-refractivity contribution in [2.24, 2.45) is 0 Å². The number of hydrogen-bond donors (Lipinski definition) is 1. The van der Waals surface area contributed by atoms with Crippen LogP contribution in [0.5, 0.6) is 0 Å². The third-order valence-corrected chi connectivity index (χ3v) is 3.53. The van der Waals surface area contributed by atoms with Crippen molar-refractivity contribution in [2.75, 3.05) is 5.32 Å². The fraction of sp³-hybridized carbons (Fsp3) is 0.176. The van der Waals surface area contributed by atoms with Gasteiger partial charge in [-0.2, -0.15) is 10.2 Å². The van der Waals surface area contributed by atoms with Crippen LogP contribution in [-0.4, -0.2) is 20.5 Å². The number of anilines is 1. The summed E-state index contributed by atoms with van der Waals surface area (Å²) >= 11 is 0. The summed E-state index contributed by atoms with van der Waals surface area (Å²) in [5.74, 6) is -0.221. The Labute approximate surface area is 133 Å². The molecule has 0 aliphatic rings. The number of fused-ring (bicyclic) bond motifs is 1. The minimum absolute atomic E-state index is 0.198. The lowest BCUT2D eigenvalue weighted by atomic mass is 10.00. The molecule has 0 spiro atoms. The second-order valence-electron chi connectivity index (χ2n) is 5.36. The Balaban J connectivity index is 1.98. The van der Waals surface area contributed by atoms with Crippen molar-refractivity contribution in [3.63, 3.8) is 0 Å². The number of amides is 1. The van der Waals surface area contributed by atoms with E-state index in [0.29, 0.717) is 5.65 Å². The van der Waals surface area contributed by atoms with Crippen molar-refractivity contribution < 1.29 is 4.79 Å². The fourth-order valence-corrected chi connectivity index (χ4v) is 2.38. The van der Waals surface area contributed by atoms with Crippen LogP contribution in [0.2, 0.25) is 0 Å². The average molecular weight is 305 g/mol. The van der Waals surface area contributed by atoms with E-state index in [9.17, 15) is 4.79 Å². The fourth-order valence-electron chi connectivity index (χ4n) is 2.38. The number of nitriles is 1. The number of rotatable bonds is 3. The van der Waals surface area contributed by atoms with Crippen molar-refractivity contribution in [1.29, 1.82) is 5.26 Å². The van der Waals surface area contributed by atoms with Crippen LogP contribution in [0.4, 0.5) is 5.95 Å². The van der Waals surface area contributed by atoms with E-state index in [1.54, 1.807) is 10.6 Å². The van der Waals surface area contributed by atoms with Crippen LogP contribution in [0.25, 0.3) is 16.8 Å². The molecular formula is C17H15N5O. The molecule has 6 heteroatoms. The van der Waals surface area contributed by atoms with Gasteiger partial charge in [-0.25, -0.2) is 4.52 Å². The quantitative estimate of drug-likeness (QED) is 0.806. The summed E-state index contributed by atoms with van der Waals surface area (Å²) in [6.07, 6.45) is 1.66. The molecule has 0 atom stereocenters. The highest BCUT2D eigenvalue weighted by Crippen LogP contribution is 2.25. The highest BCUT2D eigenvalue weighted by Gasteiger charge is 2.09. The first-order valence-electron chi connectivity index (χ1n) is 7.17. The van der Waals surface area contributed by atoms with E-state index >= 15 is 0 Å². The largest absolute Gasteiger partial charge is 0.292 e. The van der Waals surface area contributed by atoms with E-state index in [1.807, 2.05) is 18.3 Å². The van der Waals surface area contributed by atoms with Gasteiger partial charge in [0.25, 0.3) is 0 Å². The van der Waals surface area contributed by atoms with Gasteiger partial charge < -0.3 is 0 Å². The van der Waals surface area contributed by atoms with Crippen LogP contribution in [0.3, 0.4) is 0 Å². The topological polar surface area (TPSA) is 83.1 Å². The van der Waals surface area contributed by atoms with Crippen molar-refractivity contribution in [3.8, 4) is 17.2 Å². The summed E-state index contributed by atoms with van der Waals surface area (Å²) in [5, 5.41) is 15.3. The number of benzene rings is 1. The standard InChI is InChI=1S/C17H15N5O/c1-11-3-4-12(2)14(9-11)13-5-6-15-19-17(21-22(15)10-13)20-16(23)7-8-18/h3-6,9-10H,7H2,1-2H3,(H,20,21,23). The molecule has 0 unspecified atom stereocenters. The number of carbonyl (C=O) groups excluding carboxylic acids is 1. The van der Waals surface area contributed by atoms with Gasteiger partial charge in [-0.15, -0.1) is 5.10 Å². The van der Waals surface area contributed by atoms with Crippen LogP contribution in [-0.2, 0) is 4.79 Å². The number of pyridine rings is 1. The summed E-state index contributed by atoms with van der Waals surface area (Å²) in [4.78, 5) is 15.7.